The van der Waals surface area contributed by atoms with E-state index in [1.807, 2.05) is 0 Å². The standard InChI is InChI=1S/C14H10F3NO/c1-9-5-4-6-10(14(15,16)17)12(9)13(19)11-7-2-3-8-18-11/h2-8H,1H3. The summed E-state index contributed by atoms with van der Waals surface area (Å²) in [6.07, 6.45) is -3.19. The molecule has 0 N–H and O–H groups in total. The zero-order chi connectivity index (χ0) is 14.0. The average Bonchev–Trinajstić information content (AvgIpc) is 2.37. The van der Waals surface area contributed by atoms with Gasteiger partial charge in [-0.05, 0) is 30.7 Å². The second-order valence-electron chi connectivity index (χ2n) is 4.04. The number of hydrogen-bond donors (Lipinski definition) is 0. The average molecular weight is 265 g/mol. The Morgan fingerprint density at radius 3 is 2.42 bits per heavy atom. The Morgan fingerprint density at radius 1 is 1.11 bits per heavy atom. The number of rotatable bonds is 2. The van der Waals surface area contributed by atoms with Crippen LogP contribution in [0.3, 0.4) is 0 Å². The second-order valence-corrected chi connectivity index (χ2v) is 4.04. The first kappa shape index (κ1) is 13.3. The van der Waals surface area contributed by atoms with E-state index in [9.17, 15) is 18.0 Å². The molecule has 0 unspecified atom stereocenters. The summed E-state index contributed by atoms with van der Waals surface area (Å²) in [5, 5.41) is 0. The van der Waals surface area contributed by atoms with Crippen molar-refractivity contribution >= 4 is 5.78 Å². The molecule has 0 radical (unpaired) electrons. The van der Waals surface area contributed by atoms with E-state index in [1.54, 1.807) is 12.1 Å². The van der Waals surface area contributed by atoms with E-state index in [0.29, 0.717) is 0 Å². The molecule has 1 heterocycles. The lowest BCUT2D eigenvalue weighted by Gasteiger charge is -2.13. The van der Waals surface area contributed by atoms with Gasteiger partial charge in [0.1, 0.15) is 5.69 Å². The van der Waals surface area contributed by atoms with Crippen molar-refractivity contribution in [2.45, 2.75) is 13.1 Å². The van der Waals surface area contributed by atoms with Crippen molar-refractivity contribution in [2.75, 3.05) is 0 Å². The summed E-state index contributed by atoms with van der Waals surface area (Å²) in [5.74, 6) is -0.717. The number of aromatic nitrogens is 1. The molecular weight excluding hydrogens is 255 g/mol. The molecule has 0 aliphatic carbocycles. The Bertz CT molecular complexity index is 606. The molecule has 19 heavy (non-hydrogen) atoms. The van der Waals surface area contributed by atoms with Crippen molar-refractivity contribution in [1.29, 1.82) is 0 Å². The van der Waals surface area contributed by atoms with Crippen LogP contribution >= 0.6 is 0 Å². The van der Waals surface area contributed by atoms with Gasteiger partial charge in [0.25, 0.3) is 0 Å². The number of hydrogen-bond acceptors (Lipinski definition) is 2. The number of carbonyl (C=O) groups excluding carboxylic acids is 1. The lowest BCUT2D eigenvalue weighted by Crippen LogP contribution is -2.16. The molecule has 0 fully saturated rings. The van der Waals surface area contributed by atoms with Gasteiger partial charge in [0, 0.05) is 11.8 Å². The second kappa shape index (κ2) is 4.84. The van der Waals surface area contributed by atoms with Gasteiger partial charge in [-0.3, -0.25) is 9.78 Å². The summed E-state index contributed by atoms with van der Waals surface area (Å²) in [6, 6.07) is 8.22. The van der Waals surface area contributed by atoms with Crippen molar-refractivity contribution in [2.24, 2.45) is 0 Å². The normalized spacial score (nSPS) is 11.4. The van der Waals surface area contributed by atoms with Gasteiger partial charge in [-0.15, -0.1) is 0 Å². The van der Waals surface area contributed by atoms with Gasteiger partial charge in [0.2, 0.25) is 5.78 Å². The smallest absolute Gasteiger partial charge is 0.287 e. The fraction of sp³-hybridized carbons (Fsp3) is 0.143. The minimum atomic E-state index is -4.56. The van der Waals surface area contributed by atoms with Gasteiger partial charge >= 0.3 is 6.18 Å². The van der Waals surface area contributed by atoms with Gasteiger partial charge in [-0.1, -0.05) is 18.2 Å². The van der Waals surface area contributed by atoms with Crippen LogP contribution in [0.25, 0.3) is 0 Å². The molecule has 5 heteroatoms. The highest BCUT2D eigenvalue weighted by Gasteiger charge is 2.36. The molecule has 0 aliphatic rings. The Balaban J connectivity index is 2.60. The molecule has 0 saturated carbocycles. The van der Waals surface area contributed by atoms with Crippen LogP contribution in [0.1, 0.15) is 27.2 Å². The third-order valence-corrected chi connectivity index (χ3v) is 2.70. The van der Waals surface area contributed by atoms with Crippen LogP contribution in [0.2, 0.25) is 0 Å². The van der Waals surface area contributed by atoms with E-state index in [1.165, 1.54) is 31.3 Å². The van der Waals surface area contributed by atoms with Crippen LogP contribution in [0, 0.1) is 6.92 Å². The Morgan fingerprint density at radius 2 is 1.84 bits per heavy atom. The number of carbonyl (C=O) groups is 1. The van der Waals surface area contributed by atoms with Crippen LogP contribution in [0.4, 0.5) is 13.2 Å². The van der Waals surface area contributed by atoms with E-state index in [4.69, 9.17) is 0 Å². The summed E-state index contributed by atoms with van der Waals surface area (Å²) in [6.45, 7) is 1.48. The first-order valence-corrected chi connectivity index (χ1v) is 5.54. The molecular formula is C14H10F3NO. The third kappa shape index (κ3) is 2.65. The Hall–Kier alpha value is -2.17. The molecule has 1 aromatic heterocycles. The fourth-order valence-corrected chi connectivity index (χ4v) is 1.83. The molecule has 0 bridgehead atoms. The number of halogens is 3. The molecule has 0 spiro atoms. The van der Waals surface area contributed by atoms with Crippen LogP contribution in [0.15, 0.2) is 42.6 Å². The van der Waals surface area contributed by atoms with Gasteiger partial charge < -0.3 is 0 Å². The van der Waals surface area contributed by atoms with Crippen LogP contribution in [-0.4, -0.2) is 10.8 Å². The van der Waals surface area contributed by atoms with Crippen molar-refractivity contribution in [3.8, 4) is 0 Å². The topological polar surface area (TPSA) is 30.0 Å². The lowest BCUT2D eigenvalue weighted by atomic mass is 9.96. The summed E-state index contributed by atoms with van der Waals surface area (Å²) in [5.41, 5.74) is -0.982. The van der Waals surface area contributed by atoms with Crippen molar-refractivity contribution in [1.82, 2.24) is 4.98 Å². The van der Waals surface area contributed by atoms with Crippen molar-refractivity contribution < 1.29 is 18.0 Å². The molecule has 0 amide bonds. The first-order valence-electron chi connectivity index (χ1n) is 5.54. The zero-order valence-electron chi connectivity index (χ0n) is 10.0. The van der Waals surface area contributed by atoms with Crippen molar-refractivity contribution in [3.05, 3.63) is 65.0 Å². The summed E-state index contributed by atoms with van der Waals surface area (Å²) < 4.78 is 38.8. The number of pyridine rings is 1. The van der Waals surface area contributed by atoms with E-state index in [0.717, 1.165) is 6.07 Å². The highest BCUT2D eigenvalue weighted by molar-refractivity contribution is 6.09. The number of alkyl halides is 3. The van der Waals surface area contributed by atoms with E-state index < -0.39 is 17.5 Å². The first-order chi connectivity index (χ1) is 8.91. The van der Waals surface area contributed by atoms with Crippen LogP contribution in [0.5, 0.6) is 0 Å². The zero-order valence-corrected chi connectivity index (χ0v) is 10.0. The van der Waals surface area contributed by atoms with E-state index in [2.05, 4.69) is 4.98 Å². The molecule has 0 saturated heterocycles. The number of ketones is 1. The minimum Gasteiger partial charge on any atom is -0.287 e. The molecule has 98 valence electrons. The maximum Gasteiger partial charge on any atom is 0.417 e. The summed E-state index contributed by atoms with van der Waals surface area (Å²) in [4.78, 5) is 16.0. The molecule has 2 nitrogen and oxygen atoms in total. The van der Waals surface area contributed by atoms with Gasteiger partial charge in [0.15, 0.2) is 0 Å². The lowest BCUT2D eigenvalue weighted by molar-refractivity contribution is -0.137. The van der Waals surface area contributed by atoms with Gasteiger partial charge in [0.05, 0.1) is 5.56 Å². The molecule has 2 aromatic rings. The predicted octanol–water partition coefficient (Wildman–Crippen LogP) is 3.64. The summed E-state index contributed by atoms with van der Waals surface area (Å²) in [7, 11) is 0. The van der Waals surface area contributed by atoms with Gasteiger partial charge in [-0.2, -0.15) is 13.2 Å². The largest absolute Gasteiger partial charge is 0.417 e. The van der Waals surface area contributed by atoms with E-state index >= 15 is 0 Å². The molecule has 1 aromatic carbocycles. The number of benzene rings is 1. The highest BCUT2D eigenvalue weighted by Crippen LogP contribution is 2.34. The maximum atomic E-state index is 12.9. The Kier molecular flexibility index (Phi) is 3.38. The Labute approximate surface area is 107 Å². The number of aryl methyl sites for hydroxylation is 1. The maximum absolute atomic E-state index is 12.9. The number of nitrogens with zero attached hydrogens (tertiary/aromatic N) is 1. The SMILES string of the molecule is Cc1cccc(C(F)(F)F)c1C(=O)c1ccccn1. The minimum absolute atomic E-state index is 0.00213. The molecule has 0 aliphatic heterocycles. The monoisotopic (exact) mass is 265 g/mol. The fourth-order valence-electron chi connectivity index (χ4n) is 1.83. The van der Waals surface area contributed by atoms with Crippen LogP contribution < -0.4 is 0 Å². The van der Waals surface area contributed by atoms with Crippen molar-refractivity contribution in [3.63, 3.8) is 0 Å². The highest BCUT2D eigenvalue weighted by atomic mass is 19.4. The quantitative estimate of drug-likeness (QED) is 0.776. The van der Waals surface area contributed by atoms with Crippen LogP contribution in [-0.2, 0) is 6.18 Å². The predicted molar refractivity (Wildman–Crippen MR) is 63.9 cm³/mol. The van der Waals surface area contributed by atoms with E-state index in [-0.39, 0.29) is 16.8 Å². The van der Waals surface area contributed by atoms with Gasteiger partial charge in [-0.25, -0.2) is 0 Å². The molecule has 2 rings (SSSR count). The summed E-state index contributed by atoms with van der Waals surface area (Å²) >= 11 is 0. The molecule has 0 atom stereocenters. The third-order valence-electron chi connectivity index (χ3n) is 2.70.